The van der Waals surface area contributed by atoms with Crippen LogP contribution in [0.15, 0.2) is 0 Å². The number of hydrogen-bond acceptors (Lipinski definition) is 4. The predicted molar refractivity (Wildman–Crippen MR) is 19.8 cm³/mol. The number of rotatable bonds is 2. The Morgan fingerprint density at radius 3 is 2.29 bits per heavy atom. The zero-order chi connectivity index (χ0) is 5.86. The molecule has 7 heavy (non-hydrogen) atoms. The first-order valence-corrected chi connectivity index (χ1v) is 3.20. The Balaban J connectivity index is 3.32. The van der Waals surface area contributed by atoms with E-state index in [0.717, 1.165) is 0 Å². The highest BCUT2D eigenvalue weighted by molar-refractivity contribution is 7.78. The van der Waals surface area contributed by atoms with Crippen molar-refractivity contribution < 1.29 is 22.2 Å². The van der Waals surface area contributed by atoms with E-state index in [1.54, 1.807) is 0 Å². The maximum Gasteiger partial charge on any atom is 0.708 e. The molecule has 0 rings (SSSR count). The average Bonchev–Trinajstić information content (AvgIpc) is 1.27. The molecule has 7 heteroatoms. The highest BCUT2D eigenvalue weighted by atomic mass is 32.2. The molecule has 2 unspecified atom stereocenters. The number of hydrogen-bond donors (Lipinski definition) is 1. The fourth-order valence-electron chi connectivity index (χ4n) is 0.0521. The van der Waals surface area contributed by atoms with Gasteiger partial charge in [0.25, 0.3) is 0 Å². The predicted octanol–water partition coefficient (Wildman–Crippen LogP) is -0.553. The molecule has 1 N–H and O–H groups in total. The Bertz CT molecular complexity index is 84.3. The summed E-state index contributed by atoms with van der Waals surface area (Å²) in [4.78, 5) is 7.62. The summed E-state index contributed by atoms with van der Waals surface area (Å²) in [5.41, 5.74) is 0. The van der Waals surface area contributed by atoms with Crippen molar-refractivity contribution in [3.05, 3.63) is 0 Å². The lowest BCUT2D eigenvalue weighted by Crippen LogP contribution is -1.83. The fraction of sp³-hybridized carbons (Fsp3) is 0. The van der Waals surface area contributed by atoms with Crippen LogP contribution in [-0.4, -0.2) is 13.7 Å². The summed E-state index contributed by atoms with van der Waals surface area (Å²) < 4.78 is 31.1. The summed E-state index contributed by atoms with van der Waals surface area (Å²) in [5.74, 6) is 0. The van der Waals surface area contributed by atoms with Gasteiger partial charge in [0.2, 0.25) is 0 Å². The summed E-state index contributed by atoms with van der Waals surface area (Å²) in [6, 6.07) is 0. The van der Waals surface area contributed by atoms with Gasteiger partial charge in [-0.2, -0.15) is 0 Å². The van der Waals surface area contributed by atoms with Gasteiger partial charge in [0, 0.05) is 4.57 Å². The lowest BCUT2D eigenvalue weighted by molar-refractivity contribution is 0.388. The molecule has 0 amide bonds. The maximum atomic E-state index is 9.34. The minimum Gasteiger partial charge on any atom is -0.746 e. The highest BCUT2D eigenvalue weighted by Gasteiger charge is 2.10. The average molecular weight is 144 g/mol. The first-order valence-electron chi connectivity index (χ1n) is 1.07. The van der Waals surface area contributed by atoms with E-state index < -0.39 is 19.6 Å². The van der Waals surface area contributed by atoms with Crippen molar-refractivity contribution in [1.82, 2.24) is 0 Å². The van der Waals surface area contributed by atoms with Crippen molar-refractivity contribution >= 4 is 19.6 Å². The smallest absolute Gasteiger partial charge is 0.708 e. The van der Waals surface area contributed by atoms with Crippen LogP contribution in [0.5, 0.6) is 0 Å². The molecule has 0 aromatic carbocycles. The minimum absolute atomic E-state index is 2.88. The topological polar surface area (TPSA) is 86.7 Å². The van der Waals surface area contributed by atoms with Gasteiger partial charge in [-0.1, -0.05) is 0 Å². The van der Waals surface area contributed by atoms with Crippen LogP contribution in [0.25, 0.3) is 0 Å². The first kappa shape index (κ1) is 7.13. The molecule has 0 aliphatic rings. The molecule has 5 nitrogen and oxygen atoms in total. The summed E-state index contributed by atoms with van der Waals surface area (Å²) in [6.07, 6.45) is 0. The Hall–Kier alpha value is 0.130. The van der Waals surface area contributed by atoms with Crippen LogP contribution in [-0.2, 0) is 19.9 Å². The van der Waals surface area contributed by atoms with E-state index in [1.165, 1.54) is 0 Å². The molecule has 0 bridgehead atoms. The largest absolute Gasteiger partial charge is 0.746 e. The van der Waals surface area contributed by atoms with Crippen LogP contribution < -0.4 is 0 Å². The molecule has 0 aliphatic carbocycles. The molecule has 0 aliphatic heterocycles. The molecular weight excluding hydrogens is 143 g/mol. The molecule has 42 valence electrons. The second-order valence-electron chi connectivity index (χ2n) is 0.516. The quantitative estimate of drug-likeness (QED) is 0.414. The summed E-state index contributed by atoms with van der Waals surface area (Å²) in [7, 11) is -3.00. The zero-order valence-corrected chi connectivity index (χ0v) is 4.65. The third-order valence-electron chi connectivity index (χ3n) is 0.125. The Labute approximate surface area is 42.7 Å². The van der Waals surface area contributed by atoms with Gasteiger partial charge < -0.3 is 4.55 Å². The molecule has 0 aromatic heterocycles. The van der Waals surface area contributed by atoms with E-state index in [-0.39, 0.29) is 0 Å². The van der Waals surface area contributed by atoms with Crippen LogP contribution in [0, 0.1) is 0 Å². The third-order valence-corrected chi connectivity index (χ3v) is 1.12. The van der Waals surface area contributed by atoms with Crippen molar-refractivity contribution in [2.24, 2.45) is 0 Å². The molecule has 0 heterocycles. The second-order valence-corrected chi connectivity index (χ2v) is 2.00. The standard InChI is InChI=1S/HO5PS/c1-6(2)5-7(3)4/h(H-,1,2,3,4). The van der Waals surface area contributed by atoms with E-state index in [0.29, 0.717) is 0 Å². The van der Waals surface area contributed by atoms with Crippen molar-refractivity contribution in [3.8, 4) is 0 Å². The van der Waals surface area contributed by atoms with Crippen molar-refractivity contribution in [3.63, 3.8) is 0 Å². The lowest BCUT2D eigenvalue weighted by Gasteiger charge is -1.86. The van der Waals surface area contributed by atoms with Gasteiger partial charge in [0.15, 0.2) is 0 Å². The lowest BCUT2D eigenvalue weighted by atomic mass is 15.8. The van der Waals surface area contributed by atoms with Crippen molar-refractivity contribution in [2.75, 3.05) is 0 Å². The van der Waals surface area contributed by atoms with Crippen LogP contribution in [0.1, 0.15) is 0 Å². The van der Waals surface area contributed by atoms with Gasteiger partial charge in [-0.15, -0.1) is 4.89 Å². The molecule has 0 saturated carbocycles. The minimum atomic E-state index is -3.00. The zero-order valence-electron chi connectivity index (χ0n) is 2.94. The summed E-state index contributed by atoms with van der Waals surface area (Å²) in [6.45, 7) is 0. The van der Waals surface area contributed by atoms with E-state index in [1.807, 2.05) is 0 Å². The van der Waals surface area contributed by atoms with Crippen molar-refractivity contribution in [2.45, 2.75) is 0 Å². The van der Waals surface area contributed by atoms with E-state index in [2.05, 4.69) is 3.97 Å². The Morgan fingerprint density at radius 2 is 2.29 bits per heavy atom. The molecule has 0 aromatic rings. The van der Waals surface area contributed by atoms with E-state index >= 15 is 0 Å². The van der Waals surface area contributed by atoms with Gasteiger partial charge in [0.1, 0.15) is 11.4 Å². The van der Waals surface area contributed by atoms with Gasteiger partial charge in [-0.25, -0.2) is 4.21 Å². The van der Waals surface area contributed by atoms with Crippen LogP contribution >= 0.6 is 8.25 Å². The molecule has 0 saturated heterocycles. The van der Waals surface area contributed by atoms with E-state index in [4.69, 9.17) is 4.89 Å². The van der Waals surface area contributed by atoms with Crippen molar-refractivity contribution in [1.29, 1.82) is 0 Å². The Morgan fingerprint density at radius 1 is 1.86 bits per heavy atom. The maximum absolute atomic E-state index is 9.34. The van der Waals surface area contributed by atoms with Gasteiger partial charge in [-0.05, 0) is 3.97 Å². The normalized spacial score (nSPS) is 16.0. The molecule has 0 radical (unpaired) electrons. The molecule has 2 atom stereocenters. The Kier molecular flexibility index (Phi) is 3.23. The van der Waals surface area contributed by atoms with Gasteiger partial charge in [-0.3, -0.25) is 0 Å². The van der Waals surface area contributed by atoms with Crippen LogP contribution in [0.2, 0.25) is 0 Å². The van der Waals surface area contributed by atoms with Crippen LogP contribution in [0.3, 0.4) is 0 Å². The first-order chi connectivity index (χ1) is 3.13. The summed E-state index contributed by atoms with van der Waals surface area (Å²) in [5, 5.41) is 0. The molecule has 0 fully saturated rings. The fourth-order valence-corrected chi connectivity index (χ4v) is 0.469. The third kappa shape index (κ3) is 6.13. The highest BCUT2D eigenvalue weighted by Crippen LogP contribution is 2.14. The SMILES string of the molecule is O=[P+](O)OS(=O)[O-]. The molecular formula is HO5PS. The monoisotopic (exact) mass is 144 g/mol. The second kappa shape index (κ2) is 3.17. The molecule has 0 spiro atoms. The summed E-state index contributed by atoms with van der Waals surface area (Å²) >= 11 is -2.88. The van der Waals surface area contributed by atoms with E-state index in [9.17, 15) is 13.3 Å². The van der Waals surface area contributed by atoms with Gasteiger partial charge >= 0.3 is 8.25 Å². The van der Waals surface area contributed by atoms with Crippen LogP contribution in [0.4, 0.5) is 0 Å². The van der Waals surface area contributed by atoms with Gasteiger partial charge in [0.05, 0.1) is 0 Å².